The normalized spacial score (nSPS) is 10.4. The second kappa shape index (κ2) is 5.00. The lowest BCUT2D eigenvalue weighted by molar-refractivity contribution is 0.628. The topological polar surface area (TPSA) is 71.5 Å². The molecule has 1 aromatic carbocycles. The zero-order valence-corrected chi connectivity index (χ0v) is 10.2. The molecule has 0 aliphatic carbocycles. The van der Waals surface area contributed by atoms with E-state index < -0.39 is 11.4 Å². The molecule has 0 amide bonds. The Morgan fingerprint density at radius 1 is 1.05 bits per heavy atom. The molecule has 2 aromatic heterocycles. The first-order valence-corrected chi connectivity index (χ1v) is 5.88. The van der Waals surface area contributed by atoms with Crippen molar-refractivity contribution in [2.75, 3.05) is 0 Å². The summed E-state index contributed by atoms with van der Waals surface area (Å²) in [6.07, 6.45) is 1.59. The number of nitrogens with one attached hydrogen (secondary N) is 1. The summed E-state index contributed by atoms with van der Waals surface area (Å²) in [4.78, 5) is 18.7. The molecule has 98 valence electrons. The molecule has 1 N–H and O–H groups in total. The van der Waals surface area contributed by atoms with Gasteiger partial charge in [0.1, 0.15) is 11.5 Å². The van der Waals surface area contributed by atoms with Crippen LogP contribution in [-0.2, 0) is 0 Å². The van der Waals surface area contributed by atoms with E-state index in [4.69, 9.17) is 0 Å². The van der Waals surface area contributed by atoms with Gasteiger partial charge in [0.15, 0.2) is 11.5 Å². The van der Waals surface area contributed by atoms with Gasteiger partial charge in [0.05, 0.1) is 0 Å². The van der Waals surface area contributed by atoms with Crippen molar-refractivity contribution >= 4 is 0 Å². The van der Waals surface area contributed by atoms with Crippen LogP contribution in [0.1, 0.15) is 0 Å². The number of rotatable bonds is 2. The van der Waals surface area contributed by atoms with Crippen LogP contribution >= 0.6 is 0 Å². The van der Waals surface area contributed by atoms with Gasteiger partial charge < -0.3 is 4.98 Å². The number of hydrogen-bond acceptors (Lipinski definition) is 4. The summed E-state index contributed by atoms with van der Waals surface area (Å²) in [5, 5.41) is 7.79. The van der Waals surface area contributed by atoms with Crippen molar-refractivity contribution < 1.29 is 4.39 Å². The molecule has 3 rings (SSSR count). The second-order valence-electron chi connectivity index (χ2n) is 4.08. The van der Waals surface area contributed by atoms with Gasteiger partial charge in [-0.2, -0.15) is 0 Å². The lowest BCUT2D eigenvalue weighted by atomic mass is 10.1. The fraction of sp³-hybridized carbons (Fsp3) is 0. The van der Waals surface area contributed by atoms with Gasteiger partial charge in [0.2, 0.25) is 0 Å². The Bertz CT molecular complexity index is 802. The fourth-order valence-corrected chi connectivity index (χ4v) is 1.78. The predicted octanol–water partition coefficient (Wildman–Crippen LogP) is 2.03. The van der Waals surface area contributed by atoms with Gasteiger partial charge in [-0.05, 0) is 24.3 Å². The molecule has 0 radical (unpaired) electrons. The minimum absolute atomic E-state index is 0.0733. The Morgan fingerprint density at radius 2 is 1.95 bits per heavy atom. The van der Waals surface area contributed by atoms with Gasteiger partial charge in [0, 0.05) is 11.8 Å². The first kappa shape index (κ1) is 12.2. The number of benzene rings is 1. The SMILES string of the molecule is O=c1[nH]c(-c2ccccn2)nnc1-c1cccc(F)c1. The molecule has 0 spiro atoms. The van der Waals surface area contributed by atoms with Crippen molar-refractivity contribution in [3.8, 4) is 22.8 Å². The van der Waals surface area contributed by atoms with Crippen molar-refractivity contribution in [2.45, 2.75) is 0 Å². The lowest BCUT2D eigenvalue weighted by Gasteiger charge is -2.01. The molecular weight excluding hydrogens is 259 g/mol. The number of H-pyrrole nitrogens is 1. The van der Waals surface area contributed by atoms with E-state index >= 15 is 0 Å². The van der Waals surface area contributed by atoms with Crippen LogP contribution in [-0.4, -0.2) is 20.2 Å². The average Bonchev–Trinajstić information content (AvgIpc) is 2.48. The third-order valence-corrected chi connectivity index (χ3v) is 2.70. The van der Waals surface area contributed by atoms with Crippen molar-refractivity contribution in [1.82, 2.24) is 20.2 Å². The molecule has 3 aromatic rings. The number of aromatic nitrogens is 4. The molecule has 0 unspecified atom stereocenters. The number of hydrogen-bond donors (Lipinski definition) is 1. The Hall–Kier alpha value is -2.89. The molecular formula is C14H9FN4O. The molecule has 0 bridgehead atoms. The molecule has 0 fully saturated rings. The van der Waals surface area contributed by atoms with E-state index in [9.17, 15) is 9.18 Å². The number of aromatic amines is 1. The van der Waals surface area contributed by atoms with E-state index in [0.29, 0.717) is 11.3 Å². The van der Waals surface area contributed by atoms with Crippen LogP contribution in [0.4, 0.5) is 4.39 Å². The lowest BCUT2D eigenvalue weighted by Crippen LogP contribution is -2.14. The Morgan fingerprint density at radius 3 is 2.65 bits per heavy atom. The maximum atomic E-state index is 13.2. The predicted molar refractivity (Wildman–Crippen MR) is 71.3 cm³/mol. The molecule has 2 heterocycles. The highest BCUT2D eigenvalue weighted by molar-refractivity contribution is 5.58. The summed E-state index contributed by atoms with van der Waals surface area (Å²) in [7, 11) is 0. The van der Waals surface area contributed by atoms with Crippen LogP contribution in [0.2, 0.25) is 0 Å². The van der Waals surface area contributed by atoms with E-state index in [1.807, 2.05) is 0 Å². The highest BCUT2D eigenvalue weighted by atomic mass is 19.1. The molecule has 5 nitrogen and oxygen atoms in total. The van der Waals surface area contributed by atoms with E-state index in [-0.39, 0.29) is 11.5 Å². The Kier molecular flexibility index (Phi) is 3.04. The van der Waals surface area contributed by atoms with Crippen molar-refractivity contribution in [3.05, 3.63) is 64.8 Å². The molecule has 0 atom stereocenters. The van der Waals surface area contributed by atoms with Crippen LogP contribution in [0.15, 0.2) is 53.5 Å². The second-order valence-corrected chi connectivity index (χ2v) is 4.08. The number of halogens is 1. The summed E-state index contributed by atoms with van der Waals surface area (Å²) in [6, 6.07) is 10.9. The quantitative estimate of drug-likeness (QED) is 0.772. The maximum Gasteiger partial charge on any atom is 0.278 e. The first-order chi connectivity index (χ1) is 9.74. The van der Waals surface area contributed by atoms with Gasteiger partial charge in [-0.1, -0.05) is 18.2 Å². The zero-order chi connectivity index (χ0) is 13.9. The van der Waals surface area contributed by atoms with Crippen LogP contribution in [0.5, 0.6) is 0 Å². The largest absolute Gasteiger partial charge is 0.302 e. The van der Waals surface area contributed by atoms with Crippen LogP contribution in [0.3, 0.4) is 0 Å². The van der Waals surface area contributed by atoms with Gasteiger partial charge in [0.25, 0.3) is 5.56 Å². The maximum absolute atomic E-state index is 13.2. The minimum Gasteiger partial charge on any atom is -0.302 e. The fourth-order valence-electron chi connectivity index (χ4n) is 1.78. The molecule has 6 heteroatoms. The van der Waals surface area contributed by atoms with Gasteiger partial charge >= 0.3 is 0 Å². The van der Waals surface area contributed by atoms with Gasteiger partial charge in [-0.15, -0.1) is 10.2 Å². The van der Waals surface area contributed by atoms with Gasteiger partial charge in [-0.3, -0.25) is 9.78 Å². The molecule has 0 saturated carbocycles. The monoisotopic (exact) mass is 268 g/mol. The summed E-state index contributed by atoms with van der Waals surface area (Å²) in [6.45, 7) is 0. The smallest absolute Gasteiger partial charge is 0.278 e. The number of pyridine rings is 1. The minimum atomic E-state index is -0.439. The van der Waals surface area contributed by atoms with Crippen molar-refractivity contribution in [1.29, 1.82) is 0 Å². The van der Waals surface area contributed by atoms with Crippen molar-refractivity contribution in [2.24, 2.45) is 0 Å². The van der Waals surface area contributed by atoms with E-state index in [2.05, 4.69) is 20.2 Å². The van der Waals surface area contributed by atoms with E-state index in [1.165, 1.54) is 18.2 Å². The molecule has 20 heavy (non-hydrogen) atoms. The third kappa shape index (κ3) is 2.31. The number of nitrogens with zero attached hydrogens (tertiary/aromatic N) is 3. The summed E-state index contributed by atoms with van der Waals surface area (Å²) >= 11 is 0. The first-order valence-electron chi connectivity index (χ1n) is 5.88. The summed E-state index contributed by atoms with van der Waals surface area (Å²) in [5.41, 5.74) is 0.532. The van der Waals surface area contributed by atoms with Crippen LogP contribution in [0, 0.1) is 5.82 Å². The Balaban J connectivity index is 2.07. The average molecular weight is 268 g/mol. The Labute approximate surface area is 113 Å². The standard InChI is InChI=1S/C14H9FN4O/c15-10-5-3-4-9(8-10)12-14(20)17-13(19-18-12)11-6-1-2-7-16-11/h1-8H,(H,17,19,20). The van der Waals surface area contributed by atoms with Gasteiger partial charge in [-0.25, -0.2) is 4.39 Å². The van der Waals surface area contributed by atoms with E-state index in [1.54, 1.807) is 30.5 Å². The van der Waals surface area contributed by atoms with E-state index in [0.717, 1.165) is 0 Å². The highest BCUT2D eigenvalue weighted by Crippen LogP contribution is 2.14. The summed E-state index contributed by atoms with van der Waals surface area (Å²) in [5.74, 6) is -0.159. The summed E-state index contributed by atoms with van der Waals surface area (Å²) < 4.78 is 13.2. The third-order valence-electron chi connectivity index (χ3n) is 2.70. The molecule has 0 saturated heterocycles. The van der Waals surface area contributed by atoms with Crippen LogP contribution in [0.25, 0.3) is 22.8 Å². The zero-order valence-electron chi connectivity index (χ0n) is 10.2. The molecule has 0 aliphatic heterocycles. The van der Waals surface area contributed by atoms with Crippen LogP contribution < -0.4 is 5.56 Å². The van der Waals surface area contributed by atoms with Crippen molar-refractivity contribution in [3.63, 3.8) is 0 Å². The highest BCUT2D eigenvalue weighted by Gasteiger charge is 2.09. The molecule has 0 aliphatic rings.